The molecule has 1 atom stereocenters. The van der Waals surface area contributed by atoms with Gasteiger partial charge in [-0.25, -0.2) is 4.39 Å². The van der Waals surface area contributed by atoms with E-state index in [4.69, 9.17) is 20.8 Å². The molecule has 1 aromatic heterocycles. The smallest absolute Gasteiger partial charge is 0.193 e. The van der Waals surface area contributed by atoms with Crippen LogP contribution in [-0.2, 0) is 0 Å². The van der Waals surface area contributed by atoms with E-state index in [2.05, 4.69) is 5.32 Å². The molecular formula is C14H15ClFNO2. The molecule has 19 heavy (non-hydrogen) atoms. The van der Waals surface area contributed by atoms with Gasteiger partial charge in [0.15, 0.2) is 16.8 Å². The number of nitrogens with one attached hydrogen (secondary N) is 1. The standard InChI is InChI=1S/C14H15ClFNO2/c1-3-17-14(12-6-7-13(15)19-12)9-4-5-11(18-2)10(16)8-9/h4-8,14,17H,3H2,1-2H3. The van der Waals surface area contributed by atoms with Crippen LogP contribution in [0.2, 0.25) is 5.22 Å². The molecule has 0 spiro atoms. The molecule has 0 saturated carbocycles. The molecule has 2 rings (SSSR count). The third kappa shape index (κ3) is 3.08. The minimum absolute atomic E-state index is 0.219. The molecule has 102 valence electrons. The third-order valence-corrected chi connectivity index (χ3v) is 3.00. The maximum Gasteiger partial charge on any atom is 0.193 e. The van der Waals surface area contributed by atoms with Gasteiger partial charge in [0.2, 0.25) is 0 Å². The van der Waals surface area contributed by atoms with Crippen molar-refractivity contribution in [3.8, 4) is 5.75 Å². The van der Waals surface area contributed by atoms with Gasteiger partial charge in [0.05, 0.1) is 13.2 Å². The molecule has 3 nitrogen and oxygen atoms in total. The van der Waals surface area contributed by atoms with Crippen molar-refractivity contribution in [2.45, 2.75) is 13.0 Å². The zero-order chi connectivity index (χ0) is 13.8. The molecule has 1 N–H and O–H groups in total. The summed E-state index contributed by atoms with van der Waals surface area (Å²) in [5.74, 6) is 0.466. The fourth-order valence-electron chi connectivity index (χ4n) is 1.93. The summed E-state index contributed by atoms with van der Waals surface area (Å²) in [4.78, 5) is 0. The molecule has 5 heteroatoms. The van der Waals surface area contributed by atoms with Crippen LogP contribution in [0.25, 0.3) is 0 Å². The van der Waals surface area contributed by atoms with Crippen LogP contribution >= 0.6 is 11.6 Å². The Bertz CT molecular complexity index is 556. The molecule has 0 aliphatic heterocycles. The summed E-state index contributed by atoms with van der Waals surface area (Å²) in [7, 11) is 1.44. The molecule has 0 aliphatic carbocycles. The Hall–Kier alpha value is -1.52. The molecule has 0 aliphatic rings. The lowest BCUT2D eigenvalue weighted by Gasteiger charge is -2.16. The fourth-order valence-corrected chi connectivity index (χ4v) is 2.08. The lowest BCUT2D eigenvalue weighted by molar-refractivity contribution is 0.385. The SMILES string of the molecule is CCNC(c1ccc(OC)c(F)c1)c1ccc(Cl)o1. The van der Waals surface area contributed by atoms with E-state index in [-0.39, 0.29) is 11.8 Å². The second-order valence-corrected chi connectivity index (χ2v) is 4.40. The number of hydrogen-bond donors (Lipinski definition) is 1. The number of halogens is 2. The van der Waals surface area contributed by atoms with E-state index < -0.39 is 5.82 Å². The van der Waals surface area contributed by atoms with Crippen molar-refractivity contribution in [1.29, 1.82) is 0 Å². The van der Waals surface area contributed by atoms with Gasteiger partial charge >= 0.3 is 0 Å². The Labute approximate surface area is 116 Å². The number of benzene rings is 1. The second kappa shape index (κ2) is 6.08. The van der Waals surface area contributed by atoms with Gasteiger partial charge in [-0.2, -0.15) is 0 Å². The highest BCUT2D eigenvalue weighted by atomic mass is 35.5. The summed E-state index contributed by atoms with van der Waals surface area (Å²) in [5, 5.41) is 3.55. The molecular weight excluding hydrogens is 269 g/mol. The Kier molecular flexibility index (Phi) is 4.45. The normalized spacial score (nSPS) is 12.4. The van der Waals surface area contributed by atoms with Crippen molar-refractivity contribution in [1.82, 2.24) is 5.32 Å². The van der Waals surface area contributed by atoms with E-state index in [1.165, 1.54) is 13.2 Å². The Morgan fingerprint density at radius 3 is 2.68 bits per heavy atom. The quantitative estimate of drug-likeness (QED) is 0.907. The van der Waals surface area contributed by atoms with Crippen molar-refractivity contribution in [2.24, 2.45) is 0 Å². The van der Waals surface area contributed by atoms with Crippen LogP contribution in [0.3, 0.4) is 0 Å². The van der Waals surface area contributed by atoms with E-state index in [9.17, 15) is 4.39 Å². The molecule has 1 heterocycles. The first-order valence-corrected chi connectivity index (χ1v) is 6.35. The molecule has 0 fully saturated rings. The van der Waals surface area contributed by atoms with E-state index in [1.54, 1.807) is 24.3 Å². The van der Waals surface area contributed by atoms with Gasteiger partial charge in [-0.05, 0) is 48.0 Å². The van der Waals surface area contributed by atoms with E-state index in [1.807, 2.05) is 6.92 Å². The summed E-state index contributed by atoms with van der Waals surface area (Å²) >= 11 is 5.78. The zero-order valence-corrected chi connectivity index (χ0v) is 11.5. The molecule has 0 amide bonds. The number of hydrogen-bond acceptors (Lipinski definition) is 3. The van der Waals surface area contributed by atoms with Crippen molar-refractivity contribution < 1.29 is 13.5 Å². The fraction of sp³-hybridized carbons (Fsp3) is 0.286. The van der Waals surface area contributed by atoms with E-state index >= 15 is 0 Å². The number of furan rings is 1. The Morgan fingerprint density at radius 2 is 2.16 bits per heavy atom. The lowest BCUT2D eigenvalue weighted by Crippen LogP contribution is -2.21. The topological polar surface area (TPSA) is 34.4 Å². The summed E-state index contributed by atoms with van der Waals surface area (Å²) in [6.45, 7) is 2.69. The van der Waals surface area contributed by atoms with Gasteiger partial charge in [-0.3, -0.25) is 0 Å². The summed E-state index contributed by atoms with van der Waals surface area (Å²) in [5.41, 5.74) is 0.756. The molecule has 1 aromatic carbocycles. The average Bonchev–Trinajstić information content (AvgIpc) is 2.82. The zero-order valence-electron chi connectivity index (χ0n) is 10.7. The highest BCUT2D eigenvalue weighted by molar-refractivity contribution is 6.28. The van der Waals surface area contributed by atoms with Gasteiger partial charge in [-0.1, -0.05) is 13.0 Å². The van der Waals surface area contributed by atoms with Gasteiger partial charge in [0.25, 0.3) is 0 Å². The molecule has 0 radical (unpaired) electrons. The van der Waals surface area contributed by atoms with E-state index in [0.717, 1.165) is 12.1 Å². The molecule has 2 aromatic rings. The summed E-state index contributed by atoms with van der Waals surface area (Å²) in [6.07, 6.45) is 0. The minimum atomic E-state index is -0.402. The lowest BCUT2D eigenvalue weighted by atomic mass is 10.0. The Balaban J connectivity index is 2.36. The number of ether oxygens (including phenoxy) is 1. The average molecular weight is 284 g/mol. The van der Waals surface area contributed by atoms with Crippen molar-refractivity contribution in [2.75, 3.05) is 13.7 Å². The van der Waals surface area contributed by atoms with Crippen molar-refractivity contribution in [3.63, 3.8) is 0 Å². The first-order chi connectivity index (χ1) is 9.15. The summed E-state index contributed by atoms with van der Waals surface area (Å²) in [6, 6.07) is 8.03. The van der Waals surface area contributed by atoms with Crippen LogP contribution in [-0.4, -0.2) is 13.7 Å². The van der Waals surface area contributed by atoms with Crippen LogP contribution < -0.4 is 10.1 Å². The number of rotatable bonds is 5. The van der Waals surface area contributed by atoms with Crippen molar-refractivity contribution >= 4 is 11.6 Å². The number of methoxy groups -OCH3 is 1. The van der Waals surface area contributed by atoms with Gasteiger partial charge < -0.3 is 14.5 Å². The minimum Gasteiger partial charge on any atom is -0.494 e. The Morgan fingerprint density at radius 1 is 1.37 bits per heavy atom. The molecule has 0 bridgehead atoms. The first kappa shape index (κ1) is 13.9. The van der Waals surface area contributed by atoms with Gasteiger partial charge in [-0.15, -0.1) is 0 Å². The maximum absolute atomic E-state index is 13.8. The third-order valence-electron chi connectivity index (χ3n) is 2.80. The van der Waals surface area contributed by atoms with Crippen LogP contribution in [0.15, 0.2) is 34.7 Å². The first-order valence-electron chi connectivity index (χ1n) is 5.97. The van der Waals surface area contributed by atoms with E-state index in [0.29, 0.717) is 11.0 Å². The van der Waals surface area contributed by atoms with Crippen LogP contribution in [0.5, 0.6) is 5.75 Å². The molecule has 1 unspecified atom stereocenters. The second-order valence-electron chi connectivity index (χ2n) is 4.03. The predicted molar refractivity (Wildman–Crippen MR) is 72.2 cm³/mol. The molecule has 0 saturated heterocycles. The monoisotopic (exact) mass is 283 g/mol. The van der Waals surface area contributed by atoms with Crippen LogP contribution in [0, 0.1) is 5.82 Å². The highest BCUT2D eigenvalue weighted by Gasteiger charge is 2.18. The maximum atomic E-state index is 13.8. The van der Waals surface area contributed by atoms with Crippen LogP contribution in [0.1, 0.15) is 24.3 Å². The summed E-state index contributed by atoms with van der Waals surface area (Å²) < 4.78 is 24.1. The highest BCUT2D eigenvalue weighted by Crippen LogP contribution is 2.28. The van der Waals surface area contributed by atoms with Gasteiger partial charge in [0.1, 0.15) is 5.76 Å². The van der Waals surface area contributed by atoms with Crippen molar-refractivity contribution in [3.05, 3.63) is 52.7 Å². The van der Waals surface area contributed by atoms with Crippen LogP contribution in [0.4, 0.5) is 4.39 Å². The van der Waals surface area contributed by atoms with Gasteiger partial charge in [0, 0.05) is 0 Å². The largest absolute Gasteiger partial charge is 0.494 e. The predicted octanol–water partition coefficient (Wildman–Crippen LogP) is 3.78.